The van der Waals surface area contributed by atoms with Crippen molar-refractivity contribution in [2.24, 2.45) is 5.10 Å². The van der Waals surface area contributed by atoms with Crippen LogP contribution in [0.2, 0.25) is 0 Å². The standard InChI is InChI=1S/C13H17N3/c1-3-7-11(8-4-1)13-15-14-12-9-5-2-6-10-16(12)13/h1,3-4,7-8,13,15H,2,5-6,9-10H2. The molecule has 0 bridgehead atoms. The van der Waals surface area contributed by atoms with Gasteiger partial charge in [0.15, 0.2) is 0 Å². The number of hydrazone groups is 1. The van der Waals surface area contributed by atoms with E-state index >= 15 is 0 Å². The number of hydrogen-bond acceptors (Lipinski definition) is 3. The van der Waals surface area contributed by atoms with E-state index in [1.54, 1.807) is 0 Å². The van der Waals surface area contributed by atoms with Gasteiger partial charge in [0.05, 0.1) is 0 Å². The molecule has 3 nitrogen and oxygen atoms in total. The third-order valence-corrected chi connectivity index (χ3v) is 3.37. The number of hydrogen-bond donors (Lipinski definition) is 1. The number of rotatable bonds is 1. The first kappa shape index (κ1) is 9.70. The molecule has 0 aliphatic carbocycles. The maximum atomic E-state index is 4.47. The summed E-state index contributed by atoms with van der Waals surface area (Å²) in [6.45, 7) is 1.13. The van der Waals surface area contributed by atoms with E-state index in [-0.39, 0.29) is 6.17 Å². The zero-order valence-corrected chi connectivity index (χ0v) is 9.39. The highest BCUT2D eigenvalue weighted by molar-refractivity contribution is 5.84. The van der Waals surface area contributed by atoms with Crippen molar-refractivity contribution >= 4 is 5.84 Å². The Kier molecular flexibility index (Phi) is 2.52. The smallest absolute Gasteiger partial charge is 0.142 e. The first-order valence-corrected chi connectivity index (χ1v) is 6.09. The summed E-state index contributed by atoms with van der Waals surface area (Å²) in [5, 5.41) is 4.47. The lowest BCUT2D eigenvalue weighted by molar-refractivity contribution is 0.305. The molecule has 16 heavy (non-hydrogen) atoms. The summed E-state index contributed by atoms with van der Waals surface area (Å²) in [6.07, 6.45) is 5.27. The van der Waals surface area contributed by atoms with Crippen LogP contribution in [0.25, 0.3) is 0 Å². The Hall–Kier alpha value is -1.51. The zero-order chi connectivity index (χ0) is 10.8. The predicted octanol–water partition coefficient (Wildman–Crippen LogP) is 2.48. The minimum absolute atomic E-state index is 0.259. The Bertz CT molecular complexity index is 385. The molecule has 3 rings (SSSR count). The van der Waals surface area contributed by atoms with Crippen LogP contribution >= 0.6 is 0 Å². The quantitative estimate of drug-likeness (QED) is 0.779. The fourth-order valence-electron chi connectivity index (χ4n) is 2.51. The lowest BCUT2D eigenvalue weighted by atomic mass is 10.1. The molecule has 1 fully saturated rings. The van der Waals surface area contributed by atoms with Gasteiger partial charge in [0.25, 0.3) is 0 Å². The number of fused-ring (bicyclic) bond motifs is 1. The molecule has 2 heterocycles. The molecule has 1 unspecified atom stereocenters. The first-order valence-electron chi connectivity index (χ1n) is 6.09. The van der Waals surface area contributed by atoms with E-state index in [0.717, 1.165) is 13.0 Å². The predicted molar refractivity (Wildman–Crippen MR) is 64.9 cm³/mol. The fourth-order valence-corrected chi connectivity index (χ4v) is 2.51. The Morgan fingerprint density at radius 2 is 2.00 bits per heavy atom. The second-order valence-corrected chi connectivity index (χ2v) is 4.47. The number of nitrogens with one attached hydrogen (secondary N) is 1. The minimum Gasteiger partial charge on any atom is -0.333 e. The lowest BCUT2D eigenvalue weighted by Gasteiger charge is -2.25. The van der Waals surface area contributed by atoms with Crippen molar-refractivity contribution < 1.29 is 0 Å². The van der Waals surface area contributed by atoms with Crippen LogP contribution in [0.15, 0.2) is 35.4 Å². The maximum Gasteiger partial charge on any atom is 0.142 e. The summed E-state index contributed by atoms with van der Waals surface area (Å²) in [6, 6.07) is 10.6. The van der Waals surface area contributed by atoms with Gasteiger partial charge >= 0.3 is 0 Å². The molecule has 1 saturated heterocycles. The van der Waals surface area contributed by atoms with Crippen molar-refractivity contribution in [2.75, 3.05) is 6.54 Å². The molecule has 1 aromatic carbocycles. The lowest BCUT2D eigenvalue weighted by Crippen LogP contribution is -2.33. The highest BCUT2D eigenvalue weighted by Gasteiger charge is 2.29. The summed E-state index contributed by atoms with van der Waals surface area (Å²) in [4.78, 5) is 2.42. The number of amidine groups is 1. The van der Waals surface area contributed by atoms with E-state index in [0.29, 0.717) is 0 Å². The molecule has 0 aromatic heterocycles. The molecule has 0 saturated carbocycles. The van der Waals surface area contributed by atoms with Crippen molar-refractivity contribution in [2.45, 2.75) is 31.8 Å². The van der Waals surface area contributed by atoms with Crippen molar-refractivity contribution in [3.63, 3.8) is 0 Å². The van der Waals surface area contributed by atoms with Gasteiger partial charge in [0.1, 0.15) is 12.0 Å². The molecule has 0 radical (unpaired) electrons. The van der Waals surface area contributed by atoms with Crippen molar-refractivity contribution in [3.8, 4) is 0 Å². The summed E-state index contributed by atoms with van der Waals surface area (Å²) < 4.78 is 0. The third kappa shape index (κ3) is 1.66. The second kappa shape index (κ2) is 4.16. The van der Waals surface area contributed by atoms with Gasteiger partial charge in [-0.1, -0.05) is 36.8 Å². The molecular formula is C13H17N3. The largest absolute Gasteiger partial charge is 0.333 e. The van der Waals surface area contributed by atoms with Crippen molar-refractivity contribution in [1.29, 1.82) is 0 Å². The highest BCUT2D eigenvalue weighted by Crippen LogP contribution is 2.27. The van der Waals surface area contributed by atoms with E-state index in [4.69, 9.17) is 0 Å². The average Bonchev–Trinajstić information content (AvgIpc) is 2.60. The molecule has 0 spiro atoms. The summed E-state index contributed by atoms with van der Waals surface area (Å²) in [7, 11) is 0. The van der Waals surface area contributed by atoms with Crippen molar-refractivity contribution in [1.82, 2.24) is 10.3 Å². The van der Waals surface area contributed by atoms with Crippen LogP contribution in [-0.2, 0) is 0 Å². The van der Waals surface area contributed by atoms with E-state index in [1.165, 1.54) is 30.7 Å². The third-order valence-electron chi connectivity index (χ3n) is 3.37. The summed E-state index contributed by atoms with van der Waals surface area (Å²) in [5.41, 5.74) is 4.57. The number of benzene rings is 1. The fraction of sp³-hybridized carbons (Fsp3) is 0.462. The summed E-state index contributed by atoms with van der Waals surface area (Å²) in [5.74, 6) is 1.24. The summed E-state index contributed by atoms with van der Waals surface area (Å²) >= 11 is 0. The van der Waals surface area contributed by atoms with E-state index in [9.17, 15) is 0 Å². The van der Waals surface area contributed by atoms with E-state index in [2.05, 4.69) is 45.8 Å². The molecule has 84 valence electrons. The van der Waals surface area contributed by atoms with Gasteiger partial charge in [-0.2, -0.15) is 5.10 Å². The van der Waals surface area contributed by atoms with Gasteiger partial charge in [0, 0.05) is 13.0 Å². The average molecular weight is 215 g/mol. The minimum atomic E-state index is 0.259. The van der Waals surface area contributed by atoms with Gasteiger partial charge < -0.3 is 4.90 Å². The van der Waals surface area contributed by atoms with Gasteiger partial charge in [-0.15, -0.1) is 0 Å². The van der Waals surface area contributed by atoms with Crippen LogP contribution in [0.4, 0.5) is 0 Å². The Balaban J connectivity index is 1.84. The van der Waals surface area contributed by atoms with Crippen LogP contribution in [-0.4, -0.2) is 17.3 Å². The van der Waals surface area contributed by atoms with Gasteiger partial charge in [0.2, 0.25) is 0 Å². The topological polar surface area (TPSA) is 27.6 Å². The first-order chi connectivity index (χ1) is 7.95. The molecule has 1 N–H and O–H groups in total. The molecule has 1 atom stereocenters. The zero-order valence-electron chi connectivity index (χ0n) is 9.39. The van der Waals surface area contributed by atoms with E-state index < -0.39 is 0 Å². The van der Waals surface area contributed by atoms with Gasteiger partial charge in [-0.05, 0) is 18.4 Å². The normalized spacial score (nSPS) is 24.4. The molecular weight excluding hydrogens is 198 g/mol. The molecule has 2 aliphatic rings. The monoisotopic (exact) mass is 215 g/mol. The van der Waals surface area contributed by atoms with Gasteiger partial charge in [-0.3, -0.25) is 5.43 Å². The Labute approximate surface area is 96.1 Å². The SMILES string of the molecule is c1ccc(C2NN=C3CCCCCN32)cc1. The van der Waals surface area contributed by atoms with Crippen LogP contribution in [0.3, 0.4) is 0 Å². The van der Waals surface area contributed by atoms with E-state index in [1.807, 2.05) is 0 Å². The molecule has 1 aromatic rings. The Morgan fingerprint density at radius 1 is 1.12 bits per heavy atom. The highest BCUT2D eigenvalue weighted by atomic mass is 15.5. The van der Waals surface area contributed by atoms with Crippen LogP contribution in [0, 0.1) is 0 Å². The van der Waals surface area contributed by atoms with Crippen LogP contribution < -0.4 is 5.43 Å². The Morgan fingerprint density at radius 3 is 2.88 bits per heavy atom. The van der Waals surface area contributed by atoms with Crippen molar-refractivity contribution in [3.05, 3.63) is 35.9 Å². The van der Waals surface area contributed by atoms with Gasteiger partial charge in [-0.25, -0.2) is 0 Å². The molecule has 0 amide bonds. The van der Waals surface area contributed by atoms with Crippen LogP contribution in [0.5, 0.6) is 0 Å². The maximum absolute atomic E-state index is 4.47. The van der Waals surface area contributed by atoms with Crippen LogP contribution in [0.1, 0.15) is 37.4 Å². The molecule has 2 aliphatic heterocycles. The molecule has 3 heteroatoms. The second-order valence-electron chi connectivity index (χ2n) is 4.47. The number of nitrogens with zero attached hydrogens (tertiary/aromatic N) is 2.